The highest BCUT2D eigenvalue weighted by Gasteiger charge is 2.51. The van der Waals surface area contributed by atoms with E-state index in [1.165, 1.54) is 24.8 Å². The van der Waals surface area contributed by atoms with Gasteiger partial charge < -0.3 is 5.11 Å². The van der Waals surface area contributed by atoms with Gasteiger partial charge in [-0.15, -0.1) is 0 Å². The second kappa shape index (κ2) is 5.82. The molecule has 0 radical (unpaired) electrons. The van der Waals surface area contributed by atoms with E-state index in [4.69, 9.17) is 0 Å². The van der Waals surface area contributed by atoms with Crippen molar-refractivity contribution in [3.05, 3.63) is 35.4 Å². The highest BCUT2D eigenvalue weighted by atomic mass is 16.4. The fourth-order valence-electron chi connectivity index (χ4n) is 4.98. The zero-order valence-electron chi connectivity index (χ0n) is 13.0. The fourth-order valence-corrected chi connectivity index (χ4v) is 4.98. The van der Waals surface area contributed by atoms with E-state index in [1.807, 2.05) is 6.07 Å². The summed E-state index contributed by atoms with van der Waals surface area (Å²) in [5.74, 6) is 0.302. The van der Waals surface area contributed by atoms with E-state index in [-0.39, 0.29) is 0 Å². The summed E-state index contributed by atoms with van der Waals surface area (Å²) >= 11 is 0. The number of fused-ring (bicyclic) bond motifs is 1. The van der Waals surface area contributed by atoms with E-state index < -0.39 is 11.4 Å². The van der Waals surface area contributed by atoms with Crippen LogP contribution in [0.5, 0.6) is 0 Å². The predicted molar refractivity (Wildman–Crippen MR) is 84.4 cm³/mol. The minimum atomic E-state index is -0.629. The number of carboxylic acids is 1. The zero-order chi connectivity index (χ0) is 14.9. The van der Waals surface area contributed by atoms with Crippen molar-refractivity contribution < 1.29 is 9.90 Å². The lowest BCUT2D eigenvalue weighted by Crippen LogP contribution is -2.49. The summed E-state index contributed by atoms with van der Waals surface area (Å²) in [5, 5.41) is 10.2. The Morgan fingerprint density at radius 3 is 2.76 bits per heavy atom. The number of aliphatic carboxylic acids is 1. The molecule has 1 saturated carbocycles. The molecule has 3 atom stereocenters. The smallest absolute Gasteiger partial charge is 0.314 e. The Morgan fingerprint density at radius 2 is 2.00 bits per heavy atom. The molecule has 114 valence electrons. The van der Waals surface area contributed by atoms with E-state index in [0.29, 0.717) is 11.8 Å². The molecule has 1 N–H and O–H groups in total. The molecule has 1 aromatic carbocycles. The van der Waals surface area contributed by atoms with Crippen LogP contribution in [0.1, 0.15) is 63.0 Å². The van der Waals surface area contributed by atoms with Gasteiger partial charge in [0.05, 0.1) is 5.41 Å². The number of hydrogen-bond donors (Lipinski definition) is 1. The molecule has 0 aliphatic heterocycles. The predicted octanol–water partition coefficient (Wildman–Crippen LogP) is 4.56. The van der Waals surface area contributed by atoms with Crippen molar-refractivity contribution in [2.24, 2.45) is 11.8 Å². The first-order valence-corrected chi connectivity index (χ1v) is 8.52. The average Bonchev–Trinajstić information content (AvgIpc) is 2.54. The fraction of sp³-hybridized carbons (Fsp3) is 0.632. The lowest BCUT2D eigenvalue weighted by atomic mass is 9.56. The van der Waals surface area contributed by atoms with Gasteiger partial charge in [0.25, 0.3) is 0 Å². The Kier molecular flexibility index (Phi) is 4.05. The highest BCUT2D eigenvalue weighted by Crippen LogP contribution is 2.51. The van der Waals surface area contributed by atoms with Gasteiger partial charge in [-0.3, -0.25) is 4.79 Å². The van der Waals surface area contributed by atoms with Crippen LogP contribution in [0.3, 0.4) is 0 Å². The summed E-state index contributed by atoms with van der Waals surface area (Å²) < 4.78 is 0. The molecule has 0 spiro atoms. The highest BCUT2D eigenvalue weighted by molar-refractivity contribution is 5.83. The Morgan fingerprint density at radius 1 is 1.24 bits per heavy atom. The molecule has 3 unspecified atom stereocenters. The molecule has 1 aromatic rings. The second-order valence-electron chi connectivity index (χ2n) is 6.85. The van der Waals surface area contributed by atoms with E-state index in [0.717, 1.165) is 37.7 Å². The van der Waals surface area contributed by atoms with Crippen molar-refractivity contribution in [1.29, 1.82) is 0 Å². The van der Waals surface area contributed by atoms with Crippen molar-refractivity contribution in [3.8, 4) is 0 Å². The maximum absolute atomic E-state index is 12.4. The van der Waals surface area contributed by atoms with E-state index in [1.54, 1.807) is 0 Å². The van der Waals surface area contributed by atoms with Gasteiger partial charge in [0.1, 0.15) is 0 Å². The van der Waals surface area contributed by atoms with Gasteiger partial charge in [0.15, 0.2) is 0 Å². The largest absolute Gasteiger partial charge is 0.481 e. The summed E-state index contributed by atoms with van der Waals surface area (Å²) in [7, 11) is 0. The van der Waals surface area contributed by atoms with Crippen molar-refractivity contribution >= 4 is 5.97 Å². The first-order chi connectivity index (χ1) is 10.2. The molecule has 1 fully saturated rings. The molecule has 2 nitrogen and oxygen atoms in total. The zero-order valence-corrected chi connectivity index (χ0v) is 13.0. The van der Waals surface area contributed by atoms with Crippen molar-refractivity contribution in [2.75, 3.05) is 0 Å². The second-order valence-corrected chi connectivity index (χ2v) is 6.85. The topological polar surface area (TPSA) is 37.3 Å². The van der Waals surface area contributed by atoms with Crippen molar-refractivity contribution in [2.45, 2.75) is 63.7 Å². The van der Waals surface area contributed by atoms with Crippen LogP contribution in [0.15, 0.2) is 24.3 Å². The van der Waals surface area contributed by atoms with Gasteiger partial charge in [-0.25, -0.2) is 0 Å². The molecular weight excluding hydrogens is 260 g/mol. The molecule has 0 heterocycles. The Bertz CT molecular complexity index is 522. The van der Waals surface area contributed by atoms with Crippen LogP contribution in [0.4, 0.5) is 0 Å². The van der Waals surface area contributed by atoms with Crippen LogP contribution in [-0.2, 0) is 16.6 Å². The Balaban J connectivity index is 2.11. The maximum Gasteiger partial charge on any atom is 0.314 e. The SMILES string of the molecule is CCC1CCCCC1C1(C(=O)O)CCCc2ccccc21. The summed E-state index contributed by atoms with van der Waals surface area (Å²) in [5.41, 5.74) is 1.76. The van der Waals surface area contributed by atoms with Crippen LogP contribution < -0.4 is 0 Å². The van der Waals surface area contributed by atoms with Gasteiger partial charge in [-0.1, -0.05) is 56.9 Å². The minimum Gasteiger partial charge on any atom is -0.481 e. The molecule has 0 saturated heterocycles. The monoisotopic (exact) mass is 286 g/mol. The third-order valence-corrected chi connectivity index (χ3v) is 5.96. The Hall–Kier alpha value is -1.31. The van der Waals surface area contributed by atoms with Crippen LogP contribution in [0.25, 0.3) is 0 Å². The lowest BCUT2D eigenvalue weighted by Gasteiger charge is -2.47. The number of benzene rings is 1. The number of carboxylic acid groups (broad SMARTS) is 1. The molecular formula is C19H26O2. The molecule has 0 amide bonds. The molecule has 2 aliphatic rings. The van der Waals surface area contributed by atoms with Gasteiger partial charge in [-0.2, -0.15) is 0 Å². The quantitative estimate of drug-likeness (QED) is 0.884. The number of carbonyl (C=O) groups is 1. The van der Waals surface area contributed by atoms with Gasteiger partial charge >= 0.3 is 5.97 Å². The first kappa shape index (κ1) is 14.6. The van der Waals surface area contributed by atoms with Gasteiger partial charge in [-0.05, 0) is 48.6 Å². The molecule has 2 aliphatic carbocycles. The van der Waals surface area contributed by atoms with Gasteiger partial charge in [0, 0.05) is 0 Å². The maximum atomic E-state index is 12.4. The molecule has 0 bridgehead atoms. The van der Waals surface area contributed by atoms with Crippen LogP contribution >= 0.6 is 0 Å². The number of rotatable bonds is 3. The molecule has 3 rings (SSSR count). The van der Waals surface area contributed by atoms with Crippen LogP contribution in [-0.4, -0.2) is 11.1 Å². The normalized spacial score (nSPS) is 32.4. The minimum absolute atomic E-state index is 0.315. The van der Waals surface area contributed by atoms with Gasteiger partial charge in [0.2, 0.25) is 0 Å². The average molecular weight is 286 g/mol. The first-order valence-electron chi connectivity index (χ1n) is 8.52. The third-order valence-electron chi connectivity index (χ3n) is 5.96. The van der Waals surface area contributed by atoms with E-state index in [9.17, 15) is 9.90 Å². The molecule has 0 aromatic heterocycles. The van der Waals surface area contributed by atoms with Crippen molar-refractivity contribution in [1.82, 2.24) is 0 Å². The third kappa shape index (κ3) is 2.29. The lowest BCUT2D eigenvalue weighted by molar-refractivity contribution is -0.149. The summed E-state index contributed by atoms with van der Waals surface area (Å²) in [6.07, 6.45) is 8.73. The van der Waals surface area contributed by atoms with Crippen LogP contribution in [0.2, 0.25) is 0 Å². The Labute approximate surface area is 127 Å². The van der Waals surface area contributed by atoms with Crippen LogP contribution in [0, 0.1) is 11.8 Å². The summed E-state index contributed by atoms with van der Waals surface area (Å²) in [6, 6.07) is 8.29. The van der Waals surface area contributed by atoms with Crippen molar-refractivity contribution in [3.63, 3.8) is 0 Å². The summed E-state index contributed by atoms with van der Waals surface area (Å²) in [4.78, 5) is 12.4. The van der Waals surface area contributed by atoms with E-state index >= 15 is 0 Å². The number of hydrogen-bond acceptors (Lipinski definition) is 1. The molecule has 21 heavy (non-hydrogen) atoms. The standard InChI is InChI=1S/C19H26O2/c1-2-14-8-3-5-11-16(14)19(18(20)21)13-7-10-15-9-4-6-12-17(15)19/h4,6,9,12,14,16H,2-3,5,7-8,10-11,13H2,1H3,(H,20,21). The number of aryl methyl sites for hydroxylation is 1. The molecule has 2 heteroatoms. The summed E-state index contributed by atoms with van der Waals surface area (Å²) in [6.45, 7) is 2.23. The van der Waals surface area contributed by atoms with E-state index in [2.05, 4.69) is 25.1 Å².